The Morgan fingerprint density at radius 2 is 2.07 bits per heavy atom. The van der Waals surface area contributed by atoms with Gasteiger partial charge in [-0.2, -0.15) is 0 Å². The summed E-state index contributed by atoms with van der Waals surface area (Å²) in [6.07, 6.45) is 0.400. The molecule has 3 rings (SSSR count). The van der Waals surface area contributed by atoms with Crippen LogP contribution in [0, 0.1) is 0 Å². The number of urea groups is 1. The molecule has 1 aromatic heterocycles. The molecule has 4 amide bonds. The van der Waals surface area contributed by atoms with Crippen LogP contribution in [0.25, 0.3) is 0 Å². The highest BCUT2D eigenvalue weighted by Crippen LogP contribution is 2.17. The van der Waals surface area contributed by atoms with Crippen molar-refractivity contribution in [3.8, 4) is 0 Å². The number of nitrogens with zero attached hydrogens (tertiary/aromatic N) is 3. The molecular weight excluding hydrogens is 370 g/mol. The van der Waals surface area contributed by atoms with Gasteiger partial charge in [-0.3, -0.25) is 14.5 Å². The molecule has 0 radical (unpaired) electrons. The summed E-state index contributed by atoms with van der Waals surface area (Å²) in [6.45, 7) is 0.574. The van der Waals surface area contributed by atoms with E-state index in [9.17, 15) is 14.4 Å². The number of carbonyl (C=O) groups is 3. The van der Waals surface area contributed by atoms with Gasteiger partial charge in [-0.15, -0.1) is 10.2 Å². The van der Waals surface area contributed by atoms with Gasteiger partial charge in [0.05, 0.1) is 6.42 Å². The van der Waals surface area contributed by atoms with E-state index in [-0.39, 0.29) is 13.0 Å². The van der Waals surface area contributed by atoms with Crippen molar-refractivity contribution in [2.45, 2.75) is 25.5 Å². The summed E-state index contributed by atoms with van der Waals surface area (Å²) in [6, 6.07) is 8.22. The van der Waals surface area contributed by atoms with Gasteiger partial charge >= 0.3 is 6.03 Å². The number of hydrogen-bond acceptors (Lipinski definition) is 7. The standard InChI is InChI=1S/C17H19N5O4S/c1-26-10-14-20-21-16(27-14)19-13(23)9-12-15(24)22(17(25)18-12)8-7-11-5-3-2-4-6-11/h2-6,12H,7-10H2,1H3,(H,18,25)(H,19,21,23). The zero-order valence-electron chi connectivity index (χ0n) is 14.7. The lowest BCUT2D eigenvalue weighted by molar-refractivity contribution is -0.129. The Morgan fingerprint density at radius 3 is 2.81 bits per heavy atom. The maximum absolute atomic E-state index is 12.4. The fourth-order valence-electron chi connectivity index (χ4n) is 2.65. The molecule has 1 aromatic carbocycles. The van der Waals surface area contributed by atoms with E-state index in [0.717, 1.165) is 10.5 Å². The Kier molecular flexibility index (Phi) is 6.09. The molecule has 1 atom stereocenters. The smallest absolute Gasteiger partial charge is 0.324 e. The summed E-state index contributed by atoms with van der Waals surface area (Å²) in [5.41, 5.74) is 1.03. The van der Waals surface area contributed by atoms with E-state index < -0.39 is 23.9 Å². The average Bonchev–Trinajstić information content (AvgIpc) is 3.19. The molecule has 0 aliphatic carbocycles. The van der Waals surface area contributed by atoms with Gasteiger partial charge in [0, 0.05) is 13.7 Å². The van der Waals surface area contributed by atoms with Crippen LogP contribution in [0.1, 0.15) is 17.0 Å². The molecule has 142 valence electrons. The number of anilines is 1. The molecule has 0 saturated carbocycles. The van der Waals surface area contributed by atoms with Crippen molar-refractivity contribution in [3.63, 3.8) is 0 Å². The van der Waals surface area contributed by atoms with Crippen LogP contribution in [0.5, 0.6) is 0 Å². The third kappa shape index (κ3) is 4.86. The van der Waals surface area contributed by atoms with Crippen LogP contribution in [-0.2, 0) is 27.4 Å². The van der Waals surface area contributed by atoms with Gasteiger partial charge in [-0.1, -0.05) is 41.7 Å². The minimum Gasteiger partial charge on any atom is -0.377 e. The Morgan fingerprint density at radius 1 is 1.30 bits per heavy atom. The molecule has 9 nitrogen and oxygen atoms in total. The van der Waals surface area contributed by atoms with Crippen LogP contribution in [0.2, 0.25) is 0 Å². The highest BCUT2D eigenvalue weighted by molar-refractivity contribution is 7.15. The lowest BCUT2D eigenvalue weighted by Crippen LogP contribution is -2.34. The topological polar surface area (TPSA) is 114 Å². The summed E-state index contributed by atoms with van der Waals surface area (Å²) in [5.74, 6) is -0.818. The van der Waals surface area contributed by atoms with Crippen molar-refractivity contribution in [3.05, 3.63) is 40.9 Å². The second-order valence-electron chi connectivity index (χ2n) is 5.91. The minimum atomic E-state index is -0.875. The van der Waals surface area contributed by atoms with Crippen LogP contribution in [0.15, 0.2) is 30.3 Å². The maximum Gasteiger partial charge on any atom is 0.324 e. The number of aromatic nitrogens is 2. The van der Waals surface area contributed by atoms with E-state index in [2.05, 4.69) is 20.8 Å². The predicted molar refractivity (Wildman–Crippen MR) is 98.0 cm³/mol. The van der Waals surface area contributed by atoms with E-state index in [0.29, 0.717) is 23.2 Å². The normalized spacial score (nSPS) is 16.5. The molecule has 0 bridgehead atoms. The summed E-state index contributed by atoms with van der Waals surface area (Å²) >= 11 is 1.19. The molecule has 1 saturated heterocycles. The quantitative estimate of drug-likeness (QED) is 0.656. The van der Waals surface area contributed by atoms with Gasteiger partial charge in [-0.25, -0.2) is 4.79 Å². The van der Waals surface area contributed by atoms with E-state index in [1.165, 1.54) is 18.4 Å². The first kappa shape index (κ1) is 18.9. The first-order chi connectivity index (χ1) is 13.1. The highest BCUT2D eigenvalue weighted by Gasteiger charge is 2.38. The average molecular weight is 389 g/mol. The maximum atomic E-state index is 12.4. The molecule has 2 aromatic rings. The Labute approximate surface area is 159 Å². The van der Waals surface area contributed by atoms with Gasteiger partial charge in [0.25, 0.3) is 5.91 Å². The molecule has 1 unspecified atom stereocenters. The highest BCUT2D eigenvalue weighted by atomic mass is 32.1. The monoisotopic (exact) mass is 389 g/mol. The number of benzene rings is 1. The van der Waals surface area contributed by atoms with Crippen LogP contribution in [0.4, 0.5) is 9.93 Å². The first-order valence-electron chi connectivity index (χ1n) is 8.34. The lowest BCUT2D eigenvalue weighted by Gasteiger charge is -2.12. The molecule has 10 heteroatoms. The van der Waals surface area contributed by atoms with Crippen LogP contribution < -0.4 is 10.6 Å². The minimum absolute atomic E-state index is 0.161. The van der Waals surface area contributed by atoms with Crippen molar-refractivity contribution in [2.24, 2.45) is 0 Å². The largest absolute Gasteiger partial charge is 0.377 e. The fraction of sp³-hybridized carbons (Fsp3) is 0.353. The molecule has 1 aliphatic rings. The molecule has 0 spiro atoms. The number of nitrogens with one attached hydrogen (secondary N) is 2. The number of rotatable bonds is 8. The third-order valence-corrected chi connectivity index (χ3v) is 4.76. The van der Waals surface area contributed by atoms with Crippen LogP contribution in [-0.4, -0.2) is 52.6 Å². The number of methoxy groups -OCH3 is 1. The van der Waals surface area contributed by atoms with Crippen molar-refractivity contribution in [1.82, 2.24) is 20.4 Å². The molecule has 2 heterocycles. The molecular formula is C17H19N5O4S. The number of amides is 4. The Bertz CT molecular complexity index is 826. The van der Waals surface area contributed by atoms with Crippen LogP contribution in [0.3, 0.4) is 0 Å². The van der Waals surface area contributed by atoms with E-state index >= 15 is 0 Å². The van der Waals surface area contributed by atoms with Gasteiger partial charge in [0.1, 0.15) is 17.7 Å². The fourth-order valence-corrected chi connectivity index (χ4v) is 3.38. The summed E-state index contributed by atoms with van der Waals surface area (Å²) < 4.78 is 4.94. The molecule has 1 aliphatic heterocycles. The lowest BCUT2D eigenvalue weighted by atomic mass is 10.1. The number of carbonyl (C=O) groups excluding carboxylic acids is 3. The zero-order chi connectivity index (χ0) is 19.2. The van der Waals surface area contributed by atoms with Crippen molar-refractivity contribution >= 4 is 34.3 Å². The zero-order valence-corrected chi connectivity index (χ0v) is 15.5. The first-order valence-corrected chi connectivity index (χ1v) is 9.15. The molecule has 2 N–H and O–H groups in total. The van der Waals surface area contributed by atoms with Gasteiger partial charge in [0.2, 0.25) is 11.0 Å². The second-order valence-corrected chi connectivity index (χ2v) is 6.98. The van der Waals surface area contributed by atoms with E-state index in [4.69, 9.17) is 4.74 Å². The molecule has 27 heavy (non-hydrogen) atoms. The van der Waals surface area contributed by atoms with Crippen molar-refractivity contribution < 1.29 is 19.1 Å². The van der Waals surface area contributed by atoms with E-state index in [1.54, 1.807) is 0 Å². The number of ether oxygens (including phenoxy) is 1. The number of hydrogen-bond donors (Lipinski definition) is 2. The third-order valence-electron chi connectivity index (χ3n) is 3.94. The molecule has 1 fully saturated rings. The second kappa shape index (κ2) is 8.69. The summed E-state index contributed by atoms with van der Waals surface area (Å²) in [7, 11) is 1.54. The van der Waals surface area contributed by atoms with Gasteiger partial charge in [-0.05, 0) is 12.0 Å². The summed E-state index contributed by atoms with van der Waals surface area (Å²) in [5, 5.41) is 13.8. The van der Waals surface area contributed by atoms with Crippen molar-refractivity contribution in [1.29, 1.82) is 0 Å². The van der Waals surface area contributed by atoms with Crippen LogP contribution >= 0.6 is 11.3 Å². The Hall–Kier alpha value is -2.85. The SMILES string of the molecule is COCc1nnc(NC(=O)CC2NC(=O)N(CCc3ccccc3)C2=O)s1. The number of imide groups is 1. The van der Waals surface area contributed by atoms with Gasteiger partial charge in [0.15, 0.2) is 0 Å². The summed E-state index contributed by atoms with van der Waals surface area (Å²) in [4.78, 5) is 37.8. The Balaban J connectivity index is 1.52. The van der Waals surface area contributed by atoms with Crippen molar-refractivity contribution in [2.75, 3.05) is 19.0 Å². The predicted octanol–water partition coefficient (Wildman–Crippen LogP) is 1.18. The van der Waals surface area contributed by atoms with E-state index in [1.807, 2.05) is 30.3 Å². The van der Waals surface area contributed by atoms with Gasteiger partial charge < -0.3 is 15.4 Å².